The molecule has 112 valence electrons. The van der Waals surface area contributed by atoms with Gasteiger partial charge >= 0.3 is 0 Å². The predicted octanol–water partition coefficient (Wildman–Crippen LogP) is 2.69. The lowest BCUT2D eigenvalue weighted by molar-refractivity contribution is -0.127. The molecule has 0 aliphatic heterocycles. The number of hydrogen-bond donors (Lipinski definition) is 1. The number of nitrogens with two attached hydrogens (primary N) is 1. The van der Waals surface area contributed by atoms with Gasteiger partial charge in [-0.25, -0.2) is 4.98 Å². The number of nitrogens with zero attached hydrogens (tertiary/aromatic N) is 2. The molecule has 21 heavy (non-hydrogen) atoms. The van der Waals surface area contributed by atoms with Crippen LogP contribution < -0.4 is 5.73 Å². The summed E-state index contributed by atoms with van der Waals surface area (Å²) in [6, 6.07) is 8.04. The smallest absolute Gasteiger partial charge is 0.147 e. The Morgan fingerprint density at radius 3 is 2.90 bits per heavy atom. The molecule has 0 radical (unpaired) electrons. The minimum Gasteiger partial charge on any atom is -0.328 e. The van der Waals surface area contributed by atoms with Crippen LogP contribution in [-0.4, -0.2) is 21.4 Å². The SMILES string of the molecule is CCn1c(CC(=O)C2(C)CCCC2N)nc2ccccc21. The van der Waals surface area contributed by atoms with Crippen LogP contribution in [0.2, 0.25) is 0 Å². The third kappa shape index (κ3) is 2.27. The van der Waals surface area contributed by atoms with E-state index in [1.54, 1.807) is 0 Å². The van der Waals surface area contributed by atoms with Crippen LogP contribution in [0.3, 0.4) is 0 Å². The first kappa shape index (κ1) is 14.3. The summed E-state index contributed by atoms with van der Waals surface area (Å²) in [7, 11) is 0. The molecule has 1 heterocycles. The molecule has 2 aromatic rings. The highest BCUT2D eigenvalue weighted by atomic mass is 16.1. The number of para-hydroxylation sites is 2. The van der Waals surface area contributed by atoms with Crippen molar-refractivity contribution in [1.29, 1.82) is 0 Å². The van der Waals surface area contributed by atoms with E-state index in [9.17, 15) is 4.79 Å². The van der Waals surface area contributed by atoms with Crippen LogP contribution in [0.25, 0.3) is 11.0 Å². The summed E-state index contributed by atoms with van der Waals surface area (Å²) < 4.78 is 2.14. The van der Waals surface area contributed by atoms with E-state index >= 15 is 0 Å². The van der Waals surface area contributed by atoms with E-state index in [4.69, 9.17) is 5.73 Å². The van der Waals surface area contributed by atoms with E-state index in [0.717, 1.165) is 42.7 Å². The van der Waals surface area contributed by atoms with Gasteiger partial charge < -0.3 is 10.3 Å². The van der Waals surface area contributed by atoms with Crippen molar-refractivity contribution in [3.8, 4) is 0 Å². The zero-order valence-electron chi connectivity index (χ0n) is 12.8. The number of aromatic nitrogens is 2. The number of benzene rings is 1. The van der Waals surface area contributed by atoms with Gasteiger partial charge in [0.25, 0.3) is 0 Å². The Hall–Kier alpha value is -1.68. The lowest BCUT2D eigenvalue weighted by Crippen LogP contribution is -2.42. The molecule has 0 saturated heterocycles. The number of fused-ring (bicyclic) bond motifs is 1. The summed E-state index contributed by atoms with van der Waals surface area (Å²) in [5.74, 6) is 1.10. The van der Waals surface area contributed by atoms with Crippen LogP contribution in [0.4, 0.5) is 0 Å². The standard InChI is InChI=1S/C17H23N3O/c1-3-20-13-8-5-4-7-12(13)19-16(20)11-15(21)17(2)10-6-9-14(17)18/h4-5,7-8,14H,3,6,9-11,18H2,1-2H3. The van der Waals surface area contributed by atoms with Gasteiger partial charge in [-0.15, -0.1) is 0 Å². The Bertz CT molecular complexity index is 676. The highest BCUT2D eigenvalue weighted by molar-refractivity contribution is 5.88. The van der Waals surface area contributed by atoms with Gasteiger partial charge in [-0.2, -0.15) is 0 Å². The van der Waals surface area contributed by atoms with E-state index in [1.807, 2.05) is 25.1 Å². The number of Topliss-reactive ketones (excluding diaryl/α,β-unsaturated/α-hetero) is 1. The molecule has 1 aliphatic carbocycles. The summed E-state index contributed by atoms with van der Waals surface area (Å²) in [6.07, 6.45) is 3.28. The van der Waals surface area contributed by atoms with Crippen molar-refractivity contribution in [2.45, 2.75) is 52.1 Å². The fourth-order valence-corrected chi connectivity index (χ4v) is 3.50. The fraction of sp³-hybridized carbons (Fsp3) is 0.529. The zero-order valence-corrected chi connectivity index (χ0v) is 12.8. The Morgan fingerprint density at radius 1 is 1.48 bits per heavy atom. The summed E-state index contributed by atoms with van der Waals surface area (Å²) >= 11 is 0. The maximum absolute atomic E-state index is 12.8. The molecule has 0 bridgehead atoms. The summed E-state index contributed by atoms with van der Waals surface area (Å²) in [5, 5.41) is 0. The van der Waals surface area contributed by atoms with E-state index in [2.05, 4.69) is 22.5 Å². The van der Waals surface area contributed by atoms with Crippen molar-refractivity contribution < 1.29 is 4.79 Å². The van der Waals surface area contributed by atoms with Crippen LogP contribution >= 0.6 is 0 Å². The van der Waals surface area contributed by atoms with E-state index in [-0.39, 0.29) is 17.2 Å². The number of aryl methyl sites for hydroxylation is 1. The molecule has 0 amide bonds. The molecular weight excluding hydrogens is 262 g/mol. The summed E-state index contributed by atoms with van der Waals surface area (Å²) in [5.41, 5.74) is 7.85. The van der Waals surface area contributed by atoms with Crippen molar-refractivity contribution in [3.05, 3.63) is 30.1 Å². The zero-order chi connectivity index (χ0) is 15.0. The second kappa shape index (κ2) is 5.26. The second-order valence-corrected chi connectivity index (χ2v) is 6.28. The number of carbonyl (C=O) groups excluding carboxylic acids is 1. The van der Waals surface area contributed by atoms with Gasteiger partial charge in [0, 0.05) is 18.0 Å². The minimum atomic E-state index is -0.378. The molecule has 1 aromatic carbocycles. The largest absolute Gasteiger partial charge is 0.328 e. The molecule has 4 nitrogen and oxygen atoms in total. The van der Waals surface area contributed by atoms with E-state index in [1.165, 1.54) is 0 Å². The van der Waals surface area contributed by atoms with Crippen LogP contribution in [0, 0.1) is 5.41 Å². The molecule has 3 rings (SSSR count). The number of ketones is 1. The lowest BCUT2D eigenvalue weighted by Gasteiger charge is -2.27. The minimum absolute atomic E-state index is 0.00976. The van der Waals surface area contributed by atoms with Crippen molar-refractivity contribution in [1.82, 2.24) is 9.55 Å². The van der Waals surface area contributed by atoms with Crippen LogP contribution in [0.5, 0.6) is 0 Å². The van der Waals surface area contributed by atoms with Crippen molar-refractivity contribution >= 4 is 16.8 Å². The molecule has 4 heteroatoms. The van der Waals surface area contributed by atoms with Gasteiger partial charge in [0.1, 0.15) is 11.6 Å². The first-order chi connectivity index (χ1) is 10.1. The molecule has 1 aliphatic rings. The Kier molecular flexibility index (Phi) is 3.57. The first-order valence-electron chi connectivity index (χ1n) is 7.79. The van der Waals surface area contributed by atoms with Crippen LogP contribution in [-0.2, 0) is 17.8 Å². The number of rotatable bonds is 4. The Labute approximate surface area is 125 Å². The maximum Gasteiger partial charge on any atom is 0.147 e. The Morgan fingerprint density at radius 2 is 2.24 bits per heavy atom. The van der Waals surface area contributed by atoms with Gasteiger partial charge in [0.2, 0.25) is 0 Å². The average Bonchev–Trinajstić information content (AvgIpc) is 3.00. The van der Waals surface area contributed by atoms with Crippen molar-refractivity contribution in [2.75, 3.05) is 0 Å². The number of carbonyl (C=O) groups is 1. The molecule has 1 saturated carbocycles. The molecule has 0 spiro atoms. The van der Waals surface area contributed by atoms with Gasteiger partial charge in [-0.1, -0.05) is 25.5 Å². The maximum atomic E-state index is 12.8. The Balaban J connectivity index is 1.93. The van der Waals surface area contributed by atoms with Gasteiger partial charge in [0.15, 0.2) is 0 Å². The van der Waals surface area contributed by atoms with Gasteiger partial charge in [-0.05, 0) is 31.9 Å². The monoisotopic (exact) mass is 285 g/mol. The number of hydrogen-bond acceptors (Lipinski definition) is 3. The fourth-order valence-electron chi connectivity index (χ4n) is 3.50. The lowest BCUT2D eigenvalue weighted by atomic mass is 9.79. The first-order valence-corrected chi connectivity index (χ1v) is 7.79. The highest BCUT2D eigenvalue weighted by Crippen LogP contribution is 2.38. The van der Waals surface area contributed by atoms with Crippen molar-refractivity contribution in [3.63, 3.8) is 0 Å². The molecule has 1 fully saturated rings. The van der Waals surface area contributed by atoms with Gasteiger partial charge in [-0.3, -0.25) is 4.79 Å². The summed E-state index contributed by atoms with van der Waals surface area (Å²) in [6.45, 7) is 4.93. The second-order valence-electron chi connectivity index (χ2n) is 6.28. The summed E-state index contributed by atoms with van der Waals surface area (Å²) in [4.78, 5) is 17.4. The molecule has 2 atom stereocenters. The number of imidazole rings is 1. The van der Waals surface area contributed by atoms with Crippen LogP contribution in [0.15, 0.2) is 24.3 Å². The highest BCUT2D eigenvalue weighted by Gasteiger charge is 2.42. The molecule has 2 N–H and O–H groups in total. The molecular formula is C17H23N3O. The predicted molar refractivity (Wildman–Crippen MR) is 84.1 cm³/mol. The molecule has 2 unspecified atom stereocenters. The van der Waals surface area contributed by atoms with E-state index in [0.29, 0.717) is 6.42 Å². The third-order valence-electron chi connectivity index (χ3n) is 5.04. The van der Waals surface area contributed by atoms with Crippen molar-refractivity contribution in [2.24, 2.45) is 11.1 Å². The third-order valence-corrected chi connectivity index (χ3v) is 5.04. The van der Waals surface area contributed by atoms with E-state index < -0.39 is 0 Å². The quantitative estimate of drug-likeness (QED) is 0.939. The average molecular weight is 285 g/mol. The van der Waals surface area contributed by atoms with Gasteiger partial charge in [0.05, 0.1) is 17.5 Å². The molecule has 1 aromatic heterocycles. The topological polar surface area (TPSA) is 60.9 Å². The van der Waals surface area contributed by atoms with Crippen LogP contribution in [0.1, 0.15) is 38.9 Å². The normalized spacial score (nSPS) is 25.6.